The molecule has 0 bridgehead atoms. The Morgan fingerprint density at radius 1 is 1.24 bits per heavy atom. The monoisotopic (exact) mass is 247 g/mol. The summed E-state index contributed by atoms with van der Waals surface area (Å²) < 4.78 is 0. The van der Waals surface area contributed by atoms with Gasteiger partial charge in [-0.05, 0) is 23.8 Å². The van der Waals surface area contributed by atoms with Gasteiger partial charge in [-0.2, -0.15) is 0 Å². The Kier molecular flexibility index (Phi) is 3.49. The van der Waals surface area contributed by atoms with E-state index in [2.05, 4.69) is 9.88 Å². The molecule has 2 N–H and O–H groups in total. The molecule has 0 atom stereocenters. The molecule has 17 heavy (non-hydrogen) atoms. The molecule has 0 saturated carbocycles. The molecule has 1 aromatic carbocycles. The highest BCUT2D eigenvalue weighted by Gasteiger charge is 2.05. The predicted molar refractivity (Wildman–Crippen MR) is 72.2 cm³/mol. The van der Waals surface area contributed by atoms with E-state index in [9.17, 15) is 0 Å². The standard InChI is InChI=1S/C13H14ClN3/c1-17(13-6-7-16-8-12(13)15)9-10-2-4-11(14)5-3-10/h2-8H,9,15H2,1H3. The molecule has 0 fully saturated rings. The summed E-state index contributed by atoms with van der Waals surface area (Å²) in [7, 11) is 2.00. The number of nitrogens with zero attached hydrogens (tertiary/aromatic N) is 2. The first kappa shape index (κ1) is 11.7. The van der Waals surface area contributed by atoms with Crippen LogP contribution in [-0.4, -0.2) is 12.0 Å². The summed E-state index contributed by atoms with van der Waals surface area (Å²) in [5.41, 5.74) is 8.73. The van der Waals surface area contributed by atoms with Crippen molar-refractivity contribution in [3.05, 3.63) is 53.3 Å². The lowest BCUT2D eigenvalue weighted by Crippen LogP contribution is -2.17. The van der Waals surface area contributed by atoms with E-state index in [0.717, 1.165) is 17.3 Å². The maximum atomic E-state index is 5.87. The molecule has 0 saturated heterocycles. The Morgan fingerprint density at radius 2 is 1.94 bits per heavy atom. The van der Waals surface area contributed by atoms with Crippen LogP contribution in [0.3, 0.4) is 0 Å². The van der Waals surface area contributed by atoms with Gasteiger partial charge in [0.25, 0.3) is 0 Å². The first-order valence-corrected chi connectivity index (χ1v) is 5.69. The molecule has 0 unspecified atom stereocenters. The highest BCUT2D eigenvalue weighted by molar-refractivity contribution is 6.30. The van der Waals surface area contributed by atoms with Crippen molar-refractivity contribution in [1.29, 1.82) is 0 Å². The number of aromatic nitrogens is 1. The summed E-state index contributed by atoms with van der Waals surface area (Å²) in [5, 5.41) is 0.750. The van der Waals surface area contributed by atoms with E-state index in [1.807, 2.05) is 37.4 Å². The molecular formula is C13H14ClN3. The first-order valence-electron chi connectivity index (χ1n) is 5.32. The van der Waals surface area contributed by atoms with Crippen LogP contribution in [0.15, 0.2) is 42.7 Å². The number of benzene rings is 1. The van der Waals surface area contributed by atoms with Gasteiger partial charge in [0.1, 0.15) is 0 Å². The molecule has 3 nitrogen and oxygen atoms in total. The van der Waals surface area contributed by atoms with E-state index in [0.29, 0.717) is 5.69 Å². The van der Waals surface area contributed by atoms with Crippen LogP contribution < -0.4 is 10.6 Å². The van der Waals surface area contributed by atoms with E-state index in [4.69, 9.17) is 17.3 Å². The number of hydrogen-bond acceptors (Lipinski definition) is 3. The first-order chi connectivity index (χ1) is 8.16. The lowest BCUT2D eigenvalue weighted by molar-refractivity contribution is 0.923. The van der Waals surface area contributed by atoms with E-state index in [1.54, 1.807) is 12.4 Å². The van der Waals surface area contributed by atoms with Crippen molar-refractivity contribution in [3.63, 3.8) is 0 Å². The van der Waals surface area contributed by atoms with Crippen LogP contribution in [0.1, 0.15) is 5.56 Å². The molecule has 2 rings (SSSR count). The van der Waals surface area contributed by atoms with E-state index in [1.165, 1.54) is 5.56 Å². The number of pyridine rings is 1. The van der Waals surface area contributed by atoms with E-state index in [-0.39, 0.29) is 0 Å². The fourth-order valence-electron chi connectivity index (χ4n) is 1.70. The van der Waals surface area contributed by atoms with Crippen LogP contribution in [0.4, 0.5) is 11.4 Å². The Balaban J connectivity index is 2.14. The fourth-order valence-corrected chi connectivity index (χ4v) is 1.82. The third-order valence-corrected chi connectivity index (χ3v) is 2.82. The minimum Gasteiger partial charge on any atom is -0.396 e. The van der Waals surface area contributed by atoms with E-state index < -0.39 is 0 Å². The second-order valence-corrected chi connectivity index (χ2v) is 4.35. The van der Waals surface area contributed by atoms with Gasteiger partial charge in [0.15, 0.2) is 0 Å². The van der Waals surface area contributed by atoms with Gasteiger partial charge < -0.3 is 10.6 Å². The van der Waals surface area contributed by atoms with Crippen molar-refractivity contribution in [1.82, 2.24) is 4.98 Å². The highest BCUT2D eigenvalue weighted by atomic mass is 35.5. The third kappa shape index (κ3) is 2.88. The Bertz CT molecular complexity index is 496. The summed E-state index contributed by atoms with van der Waals surface area (Å²) in [4.78, 5) is 6.06. The minimum atomic E-state index is 0.684. The lowest BCUT2D eigenvalue weighted by atomic mass is 10.2. The van der Waals surface area contributed by atoms with Crippen LogP contribution in [0.2, 0.25) is 5.02 Å². The van der Waals surface area contributed by atoms with Crippen molar-refractivity contribution in [3.8, 4) is 0 Å². The van der Waals surface area contributed by atoms with Gasteiger partial charge in [-0.1, -0.05) is 23.7 Å². The quantitative estimate of drug-likeness (QED) is 0.907. The van der Waals surface area contributed by atoms with Crippen LogP contribution >= 0.6 is 11.6 Å². The second-order valence-electron chi connectivity index (χ2n) is 3.92. The lowest BCUT2D eigenvalue weighted by Gasteiger charge is -2.20. The topological polar surface area (TPSA) is 42.2 Å². The van der Waals surface area contributed by atoms with Crippen molar-refractivity contribution < 1.29 is 0 Å². The van der Waals surface area contributed by atoms with Crippen LogP contribution in [0.5, 0.6) is 0 Å². The smallest absolute Gasteiger partial charge is 0.0738 e. The number of anilines is 2. The zero-order chi connectivity index (χ0) is 12.3. The van der Waals surface area contributed by atoms with Gasteiger partial charge >= 0.3 is 0 Å². The van der Waals surface area contributed by atoms with E-state index >= 15 is 0 Å². The minimum absolute atomic E-state index is 0.684. The molecule has 0 aliphatic heterocycles. The summed E-state index contributed by atoms with van der Waals surface area (Å²) in [6.45, 7) is 0.783. The average molecular weight is 248 g/mol. The number of rotatable bonds is 3. The summed E-state index contributed by atoms with van der Waals surface area (Å²) >= 11 is 5.85. The molecule has 0 aliphatic carbocycles. The number of hydrogen-bond donors (Lipinski definition) is 1. The molecule has 1 aromatic heterocycles. The molecule has 0 spiro atoms. The van der Waals surface area contributed by atoms with Crippen LogP contribution in [0, 0.1) is 0 Å². The summed E-state index contributed by atoms with van der Waals surface area (Å²) in [5.74, 6) is 0. The Morgan fingerprint density at radius 3 is 2.59 bits per heavy atom. The SMILES string of the molecule is CN(Cc1ccc(Cl)cc1)c1ccncc1N. The average Bonchev–Trinajstić information content (AvgIpc) is 2.32. The van der Waals surface area contributed by atoms with Crippen molar-refractivity contribution in [2.24, 2.45) is 0 Å². The molecule has 4 heteroatoms. The van der Waals surface area contributed by atoms with Gasteiger partial charge in [-0.25, -0.2) is 0 Å². The Labute approximate surface area is 106 Å². The molecule has 88 valence electrons. The molecule has 0 aliphatic rings. The zero-order valence-corrected chi connectivity index (χ0v) is 10.4. The van der Waals surface area contributed by atoms with Gasteiger partial charge in [0.05, 0.1) is 17.6 Å². The van der Waals surface area contributed by atoms with Gasteiger partial charge in [0.2, 0.25) is 0 Å². The fraction of sp³-hybridized carbons (Fsp3) is 0.154. The maximum absolute atomic E-state index is 5.87. The van der Waals surface area contributed by atoms with Crippen LogP contribution in [0.25, 0.3) is 0 Å². The second kappa shape index (κ2) is 5.06. The van der Waals surface area contributed by atoms with Crippen molar-refractivity contribution in [2.75, 3.05) is 17.7 Å². The third-order valence-electron chi connectivity index (χ3n) is 2.57. The maximum Gasteiger partial charge on any atom is 0.0738 e. The number of nitrogen functional groups attached to an aromatic ring is 1. The summed E-state index contributed by atoms with van der Waals surface area (Å²) in [6, 6.07) is 9.71. The molecular weight excluding hydrogens is 234 g/mol. The van der Waals surface area contributed by atoms with Gasteiger partial charge in [-0.3, -0.25) is 4.98 Å². The van der Waals surface area contributed by atoms with Crippen molar-refractivity contribution in [2.45, 2.75) is 6.54 Å². The zero-order valence-electron chi connectivity index (χ0n) is 9.60. The van der Waals surface area contributed by atoms with Crippen molar-refractivity contribution >= 4 is 23.0 Å². The number of nitrogens with two attached hydrogens (primary N) is 1. The predicted octanol–water partition coefficient (Wildman–Crippen LogP) is 2.95. The largest absolute Gasteiger partial charge is 0.396 e. The molecule has 0 amide bonds. The normalized spacial score (nSPS) is 10.2. The molecule has 1 heterocycles. The molecule has 0 radical (unpaired) electrons. The Hall–Kier alpha value is -1.74. The van der Waals surface area contributed by atoms with Gasteiger partial charge in [0, 0.05) is 24.8 Å². The van der Waals surface area contributed by atoms with Gasteiger partial charge in [-0.15, -0.1) is 0 Å². The van der Waals surface area contributed by atoms with Crippen LogP contribution in [-0.2, 0) is 6.54 Å². The number of halogens is 1. The highest BCUT2D eigenvalue weighted by Crippen LogP contribution is 2.22. The summed E-state index contributed by atoms with van der Waals surface area (Å²) in [6.07, 6.45) is 3.40. The molecule has 2 aromatic rings.